The summed E-state index contributed by atoms with van der Waals surface area (Å²) in [5, 5.41) is 8.25. The Morgan fingerprint density at radius 3 is 2.81 bits per heavy atom. The van der Waals surface area contributed by atoms with Crippen molar-refractivity contribution in [2.45, 2.75) is 45.2 Å². The molecular weight excluding hydrogens is 404 g/mol. The van der Waals surface area contributed by atoms with Crippen LogP contribution in [0.3, 0.4) is 0 Å². The van der Waals surface area contributed by atoms with E-state index in [1.165, 1.54) is 12.8 Å². The Bertz CT molecular complexity index is 1330. The maximum absolute atomic E-state index is 13.3. The van der Waals surface area contributed by atoms with Gasteiger partial charge in [0, 0.05) is 18.2 Å². The average Bonchev–Trinajstić information content (AvgIpc) is 3.22. The lowest BCUT2D eigenvalue weighted by molar-refractivity contribution is 0.0996. The highest BCUT2D eigenvalue weighted by Crippen LogP contribution is 2.39. The van der Waals surface area contributed by atoms with E-state index in [4.69, 9.17) is 4.98 Å². The minimum Gasteiger partial charge on any atom is -0.310 e. The molecule has 0 radical (unpaired) electrons. The fourth-order valence-corrected chi connectivity index (χ4v) is 4.06. The van der Waals surface area contributed by atoms with Crippen LogP contribution in [0, 0.1) is 0 Å². The molecule has 0 atom stereocenters. The molecule has 2 aliphatic rings. The van der Waals surface area contributed by atoms with Crippen LogP contribution in [0.2, 0.25) is 0 Å². The molecule has 5 heterocycles. The third-order valence-electron chi connectivity index (χ3n) is 6.01. The van der Waals surface area contributed by atoms with E-state index >= 15 is 0 Å². The number of hydrogen-bond acceptors (Lipinski definition) is 6. The standard InChI is InChI=1S/C23H22N8O/c1-14(2)31-13-26-28-22(31)18-4-3-5-21(27-18)30-11-20-17(23(30)32)8-16(9-24-20)29-10-19(25-12-29)15-6-7-15/h3-5,8-10,12-15H,6-7,11H2,1-2H3. The predicted octanol–water partition coefficient (Wildman–Crippen LogP) is 3.54. The van der Waals surface area contributed by atoms with Gasteiger partial charge in [0.05, 0.1) is 41.7 Å². The highest BCUT2D eigenvalue weighted by atomic mass is 16.2. The van der Waals surface area contributed by atoms with Gasteiger partial charge in [0.2, 0.25) is 0 Å². The molecule has 0 spiro atoms. The molecule has 1 amide bonds. The Morgan fingerprint density at radius 1 is 1.12 bits per heavy atom. The summed E-state index contributed by atoms with van der Waals surface area (Å²) in [7, 11) is 0. The summed E-state index contributed by atoms with van der Waals surface area (Å²) in [5.74, 6) is 1.73. The van der Waals surface area contributed by atoms with Crippen LogP contribution in [-0.4, -0.2) is 40.2 Å². The maximum Gasteiger partial charge on any atom is 0.261 e. The molecule has 0 saturated heterocycles. The van der Waals surface area contributed by atoms with Crippen molar-refractivity contribution in [1.82, 2.24) is 34.3 Å². The van der Waals surface area contributed by atoms with Crippen molar-refractivity contribution < 1.29 is 4.79 Å². The highest BCUT2D eigenvalue weighted by molar-refractivity contribution is 6.09. The zero-order valence-electron chi connectivity index (χ0n) is 17.9. The molecule has 0 unspecified atom stereocenters. The highest BCUT2D eigenvalue weighted by Gasteiger charge is 2.32. The first-order valence-electron chi connectivity index (χ1n) is 10.8. The summed E-state index contributed by atoms with van der Waals surface area (Å²) < 4.78 is 3.90. The number of anilines is 1. The van der Waals surface area contributed by atoms with Gasteiger partial charge in [-0.1, -0.05) is 6.07 Å². The SMILES string of the molecule is CC(C)n1cnnc1-c1cccc(N2Cc3ncc(-n4cnc(C5CC5)c4)cc3C2=O)n1. The van der Waals surface area contributed by atoms with E-state index in [9.17, 15) is 4.79 Å². The monoisotopic (exact) mass is 426 g/mol. The lowest BCUT2D eigenvalue weighted by Gasteiger charge is -2.15. The van der Waals surface area contributed by atoms with Crippen LogP contribution in [0.15, 0.2) is 49.3 Å². The maximum atomic E-state index is 13.3. The summed E-state index contributed by atoms with van der Waals surface area (Å²) in [6.07, 6.45) is 9.72. The summed E-state index contributed by atoms with van der Waals surface area (Å²) in [5.41, 5.74) is 3.97. The van der Waals surface area contributed by atoms with Crippen LogP contribution < -0.4 is 4.90 Å². The smallest absolute Gasteiger partial charge is 0.261 e. The van der Waals surface area contributed by atoms with Gasteiger partial charge in [-0.25, -0.2) is 9.97 Å². The number of imidazole rings is 1. The molecule has 0 aromatic carbocycles. The number of carbonyl (C=O) groups is 1. The van der Waals surface area contributed by atoms with Gasteiger partial charge in [0.25, 0.3) is 5.91 Å². The van der Waals surface area contributed by atoms with Crippen LogP contribution in [-0.2, 0) is 6.54 Å². The lowest BCUT2D eigenvalue weighted by Crippen LogP contribution is -2.24. The van der Waals surface area contributed by atoms with Gasteiger partial charge in [0.1, 0.15) is 17.8 Å². The Morgan fingerprint density at radius 2 is 2.00 bits per heavy atom. The van der Waals surface area contributed by atoms with E-state index in [1.54, 1.807) is 23.8 Å². The molecule has 1 saturated carbocycles. The Labute approximate surface area is 184 Å². The van der Waals surface area contributed by atoms with Gasteiger partial charge in [-0.15, -0.1) is 10.2 Å². The number of carbonyl (C=O) groups excluding carboxylic acids is 1. The Balaban J connectivity index is 1.30. The Hall–Kier alpha value is -3.88. The van der Waals surface area contributed by atoms with Crippen LogP contribution in [0.5, 0.6) is 0 Å². The molecule has 1 fully saturated rings. The largest absolute Gasteiger partial charge is 0.310 e. The van der Waals surface area contributed by atoms with Gasteiger partial charge in [-0.2, -0.15) is 0 Å². The van der Waals surface area contributed by atoms with Crippen molar-refractivity contribution in [2.24, 2.45) is 0 Å². The van der Waals surface area contributed by atoms with Crippen molar-refractivity contribution in [2.75, 3.05) is 4.90 Å². The van der Waals surface area contributed by atoms with Crippen LogP contribution >= 0.6 is 0 Å². The van der Waals surface area contributed by atoms with Crippen LogP contribution in [0.4, 0.5) is 5.82 Å². The number of hydrogen-bond donors (Lipinski definition) is 0. The Kier molecular flexibility index (Phi) is 4.17. The van der Waals surface area contributed by atoms with E-state index in [0.717, 1.165) is 17.1 Å². The van der Waals surface area contributed by atoms with Gasteiger partial charge < -0.3 is 9.13 Å². The summed E-state index contributed by atoms with van der Waals surface area (Å²) >= 11 is 0. The van der Waals surface area contributed by atoms with Crippen molar-refractivity contribution >= 4 is 11.7 Å². The summed E-state index contributed by atoms with van der Waals surface area (Å²) in [6.45, 7) is 4.52. The van der Waals surface area contributed by atoms with E-state index in [1.807, 2.05) is 39.6 Å². The van der Waals surface area contributed by atoms with Gasteiger partial charge in [-0.3, -0.25) is 14.7 Å². The first-order valence-corrected chi connectivity index (χ1v) is 10.8. The molecule has 9 heteroatoms. The van der Waals surface area contributed by atoms with Gasteiger partial charge in [-0.05, 0) is 44.9 Å². The number of rotatable bonds is 5. The predicted molar refractivity (Wildman–Crippen MR) is 117 cm³/mol. The molecular formula is C23H22N8O. The van der Waals surface area contributed by atoms with Gasteiger partial charge in [0.15, 0.2) is 5.82 Å². The minimum atomic E-state index is -0.105. The van der Waals surface area contributed by atoms with Crippen molar-refractivity contribution in [1.29, 1.82) is 0 Å². The first-order chi connectivity index (χ1) is 15.6. The normalized spacial score (nSPS) is 15.6. The molecule has 32 heavy (non-hydrogen) atoms. The van der Waals surface area contributed by atoms with Crippen LogP contribution in [0.25, 0.3) is 17.2 Å². The lowest BCUT2D eigenvalue weighted by atomic mass is 10.2. The molecule has 1 aliphatic heterocycles. The number of nitrogens with zero attached hydrogens (tertiary/aromatic N) is 8. The molecule has 0 bridgehead atoms. The van der Waals surface area contributed by atoms with Crippen molar-refractivity contribution in [3.05, 3.63) is 66.3 Å². The second kappa shape index (κ2) is 7.08. The number of pyridine rings is 2. The third kappa shape index (κ3) is 3.08. The van der Waals surface area contributed by atoms with E-state index in [0.29, 0.717) is 35.4 Å². The quantitative estimate of drug-likeness (QED) is 0.484. The third-order valence-corrected chi connectivity index (χ3v) is 6.01. The van der Waals surface area contributed by atoms with Crippen LogP contribution in [0.1, 0.15) is 60.4 Å². The van der Waals surface area contributed by atoms with E-state index < -0.39 is 0 Å². The number of fused-ring (bicyclic) bond motifs is 1. The number of aromatic nitrogens is 7. The zero-order chi connectivity index (χ0) is 21.8. The van der Waals surface area contributed by atoms with Gasteiger partial charge >= 0.3 is 0 Å². The molecule has 160 valence electrons. The molecule has 4 aromatic heterocycles. The van der Waals surface area contributed by atoms with Crippen molar-refractivity contribution in [3.63, 3.8) is 0 Å². The summed E-state index contributed by atoms with van der Waals surface area (Å²) in [4.78, 5) is 28.7. The molecule has 6 rings (SSSR count). The zero-order valence-corrected chi connectivity index (χ0v) is 17.9. The topological polar surface area (TPSA) is 94.6 Å². The summed E-state index contributed by atoms with van der Waals surface area (Å²) in [6, 6.07) is 7.70. The molecule has 9 nitrogen and oxygen atoms in total. The molecule has 1 aliphatic carbocycles. The molecule has 4 aromatic rings. The fourth-order valence-electron chi connectivity index (χ4n) is 4.06. The van der Waals surface area contributed by atoms with Crippen molar-refractivity contribution in [3.8, 4) is 17.2 Å². The molecule has 0 N–H and O–H groups in total. The fraction of sp³-hybridized carbons (Fsp3) is 0.304. The second-order valence-electron chi connectivity index (χ2n) is 8.60. The first kappa shape index (κ1) is 18.9. The second-order valence-corrected chi connectivity index (χ2v) is 8.60. The average molecular weight is 426 g/mol. The van der Waals surface area contributed by atoms with E-state index in [2.05, 4.69) is 34.0 Å². The number of amides is 1. The van der Waals surface area contributed by atoms with E-state index in [-0.39, 0.29) is 11.9 Å². The minimum absolute atomic E-state index is 0.105.